The van der Waals surface area contributed by atoms with Crippen LogP contribution in [0.5, 0.6) is 0 Å². The molecule has 0 radical (unpaired) electrons. The van der Waals surface area contributed by atoms with Crippen LogP contribution in [-0.4, -0.2) is 19.6 Å². The lowest BCUT2D eigenvalue weighted by Crippen LogP contribution is -2.30. The van der Waals surface area contributed by atoms with E-state index < -0.39 is 0 Å². The third kappa shape index (κ3) is 3.86. The number of rotatable bonds is 5. The molecule has 1 unspecified atom stereocenters. The highest BCUT2D eigenvalue weighted by atomic mass is 79.9. The van der Waals surface area contributed by atoms with E-state index in [0.717, 1.165) is 24.1 Å². The fourth-order valence-corrected chi connectivity index (χ4v) is 2.97. The summed E-state index contributed by atoms with van der Waals surface area (Å²) in [5.74, 6) is 0. The molecule has 1 aromatic rings. The van der Waals surface area contributed by atoms with Gasteiger partial charge in [-0.3, -0.25) is 0 Å². The first kappa shape index (κ1) is 15.6. The molecule has 1 aliphatic heterocycles. The summed E-state index contributed by atoms with van der Waals surface area (Å²) in [5, 5.41) is 3.60. The third-order valence-corrected chi connectivity index (χ3v) is 4.43. The van der Waals surface area contributed by atoms with Gasteiger partial charge in [-0.2, -0.15) is 0 Å². The Morgan fingerprint density at radius 3 is 2.85 bits per heavy atom. The minimum Gasteiger partial charge on any atom is -0.367 e. The largest absolute Gasteiger partial charge is 0.367 e. The van der Waals surface area contributed by atoms with E-state index in [4.69, 9.17) is 0 Å². The zero-order chi connectivity index (χ0) is 14.5. The van der Waals surface area contributed by atoms with Crippen molar-refractivity contribution < 1.29 is 0 Å². The molecule has 0 aromatic heterocycles. The number of halogens is 1. The number of benzene rings is 1. The molecule has 0 spiro atoms. The molecular formula is C17H25BrN2. The van der Waals surface area contributed by atoms with Crippen LogP contribution in [0.3, 0.4) is 0 Å². The Kier molecular flexibility index (Phi) is 5.67. The van der Waals surface area contributed by atoms with Crippen molar-refractivity contribution in [1.82, 2.24) is 5.32 Å². The first-order valence-electron chi connectivity index (χ1n) is 7.55. The van der Waals surface area contributed by atoms with Crippen LogP contribution in [0, 0.1) is 0 Å². The van der Waals surface area contributed by atoms with Crippen LogP contribution in [0.2, 0.25) is 0 Å². The highest BCUT2D eigenvalue weighted by molar-refractivity contribution is 9.10. The number of anilines is 1. The summed E-state index contributed by atoms with van der Waals surface area (Å²) in [5.41, 5.74) is 4.27. The number of nitrogens with zero attached hydrogens (tertiary/aromatic N) is 1. The Labute approximate surface area is 131 Å². The van der Waals surface area contributed by atoms with Crippen molar-refractivity contribution in [3.05, 3.63) is 39.9 Å². The molecule has 0 saturated heterocycles. The molecule has 110 valence electrons. The predicted molar refractivity (Wildman–Crippen MR) is 91.4 cm³/mol. The van der Waals surface area contributed by atoms with Crippen molar-refractivity contribution in [2.24, 2.45) is 0 Å². The quantitative estimate of drug-likeness (QED) is 0.786. The van der Waals surface area contributed by atoms with E-state index in [1.807, 2.05) is 0 Å². The lowest BCUT2D eigenvalue weighted by molar-refractivity contribution is 0.569. The van der Waals surface area contributed by atoms with Crippen LogP contribution >= 0.6 is 15.9 Å². The SMILES string of the molecule is CCCNC(C)c1ccc(Br)cc1N1CC=C(C)CC1. The van der Waals surface area contributed by atoms with Crippen molar-refractivity contribution in [1.29, 1.82) is 0 Å². The Hall–Kier alpha value is -0.800. The van der Waals surface area contributed by atoms with Gasteiger partial charge >= 0.3 is 0 Å². The average Bonchev–Trinajstić information content (AvgIpc) is 2.45. The first-order valence-corrected chi connectivity index (χ1v) is 8.34. The summed E-state index contributed by atoms with van der Waals surface area (Å²) in [6, 6.07) is 7.05. The van der Waals surface area contributed by atoms with Gasteiger partial charge < -0.3 is 10.2 Å². The van der Waals surface area contributed by atoms with Gasteiger partial charge in [0, 0.05) is 29.3 Å². The number of hydrogen-bond donors (Lipinski definition) is 1. The summed E-state index contributed by atoms with van der Waals surface area (Å²) in [6.45, 7) is 9.90. The van der Waals surface area contributed by atoms with Gasteiger partial charge in [0.05, 0.1) is 0 Å². The highest BCUT2D eigenvalue weighted by Crippen LogP contribution is 2.31. The lowest BCUT2D eigenvalue weighted by atomic mass is 10.0. The maximum Gasteiger partial charge on any atom is 0.0428 e. The molecule has 2 nitrogen and oxygen atoms in total. The topological polar surface area (TPSA) is 15.3 Å². The van der Waals surface area contributed by atoms with E-state index in [9.17, 15) is 0 Å². The molecule has 0 amide bonds. The van der Waals surface area contributed by atoms with Gasteiger partial charge in [-0.05, 0) is 50.9 Å². The fraction of sp³-hybridized carbons (Fsp3) is 0.529. The maximum atomic E-state index is 3.61. The normalized spacial score (nSPS) is 17.0. The van der Waals surface area contributed by atoms with Gasteiger partial charge in [-0.25, -0.2) is 0 Å². The van der Waals surface area contributed by atoms with Crippen molar-refractivity contribution in [3.8, 4) is 0 Å². The van der Waals surface area contributed by atoms with Gasteiger partial charge in [0.25, 0.3) is 0 Å². The van der Waals surface area contributed by atoms with Crippen LogP contribution in [0.25, 0.3) is 0 Å². The number of nitrogens with one attached hydrogen (secondary N) is 1. The molecule has 1 aliphatic rings. The molecule has 3 heteroatoms. The molecular weight excluding hydrogens is 312 g/mol. The minimum absolute atomic E-state index is 0.394. The number of hydrogen-bond acceptors (Lipinski definition) is 2. The van der Waals surface area contributed by atoms with E-state index in [1.54, 1.807) is 0 Å². The second-order valence-electron chi connectivity index (χ2n) is 5.63. The van der Waals surface area contributed by atoms with Gasteiger partial charge in [0.1, 0.15) is 0 Å². The molecule has 0 saturated carbocycles. The van der Waals surface area contributed by atoms with Crippen molar-refractivity contribution in [2.75, 3.05) is 24.5 Å². The van der Waals surface area contributed by atoms with Crippen LogP contribution < -0.4 is 10.2 Å². The summed E-state index contributed by atoms with van der Waals surface area (Å²) >= 11 is 3.61. The Balaban J connectivity index is 2.24. The van der Waals surface area contributed by atoms with Crippen molar-refractivity contribution in [2.45, 2.75) is 39.7 Å². The first-order chi connectivity index (χ1) is 9.61. The van der Waals surface area contributed by atoms with Crippen LogP contribution in [0.1, 0.15) is 45.2 Å². The summed E-state index contributed by atoms with van der Waals surface area (Å²) in [7, 11) is 0. The zero-order valence-electron chi connectivity index (χ0n) is 12.7. The molecule has 20 heavy (non-hydrogen) atoms. The molecule has 2 rings (SSSR count). The standard InChI is InChI=1S/C17H25BrN2/c1-4-9-19-14(3)16-6-5-15(18)12-17(16)20-10-7-13(2)8-11-20/h5-7,12,14,19H,4,8-11H2,1-3H3. The zero-order valence-corrected chi connectivity index (χ0v) is 14.3. The average molecular weight is 337 g/mol. The lowest BCUT2D eigenvalue weighted by Gasteiger charge is -2.31. The van der Waals surface area contributed by atoms with Crippen LogP contribution in [0.15, 0.2) is 34.3 Å². The third-order valence-electron chi connectivity index (χ3n) is 3.94. The Bertz CT molecular complexity index is 482. The van der Waals surface area contributed by atoms with Crippen molar-refractivity contribution >= 4 is 21.6 Å². The van der Waals surface area contributed by atoms with E-state index in [2.05, 4.69) is 71.2 Å². The summed E-state index contributed by atoms with van der Waals surface area (Å²) in [4.78, 5) is 2.48. The van der Waals surface area contributed by atoms with Gasteiger partial charge in [-0.15, -0.1) is 0 Å². The molecule has 1 N–H and O–H groups in total. The second-order valence-corrected chi connectivity index (χ2v) is 6.54. The smallest absolute Gasteiger partial charge is 0.0428 e. The molecule has 1 atom stereocenters. The van der Waals surface area contributed by atoms with Crippen molar-refractivity contribution in [3.63, 3.8) is 0 Å². The Morgan fingerprint density at radius 1 is 1.40 bits per heavy atom. The van der Waals surface area contributed by atoms with Gasteiger partial charge in [-0.1, -0.05) is 40.6 Å². The Morgan fingerprint density at radius 2 is 2.20 bits per heavy atom. The van der Waals surface area contributed by atoms with Crippen LogP contribution in [-0.2, 0) is 0 Å². The minimum atomic E-state index is 0.394. The van der Waals surface area contributed by atoms with E-state index in [1.165, 1.54) is 29.7 Å². The predicted octanol–water partition coefficient (Wildman–Crippen LogP) is 4.67. The molecule has 0 bridgehead atoms. The fourth-order valence-electron chi connectivity index (χ4n) is 2.62. The molecule has 1 heterocycles. The van der Waals surface area contributed by atoms with Gasteiger partial charge in [0.2, 0.25) is 0 Å². The highest BCUT2D eigenvalue weighted by Gasteiger charge is 2.17. The molecule has 0 aliphatic carbocycles. The monoisotopic (exact) mass is 336 g/mol. The second kappa shape index (κ2) is 7.28. The van der Waals surface area contributed by atoms with E-state index in [-0.39, 0.29) is 0 Å². The van der Waals surface area contributed by atoms with Crippen LogP contribution in [0.4, 0.5) is 5.69 Å². The van der Waals surface area contributed by atoms with E-state index >= 15 is 0 Å². The van der Waals surface area contributed by atoms with Gasteiger partial charge in [0.15, 0.2) is 0 Å². The summed E-state index contributed by atoms with van der Waals surface area (Å²) in [6.07, 6.45) is 4.68. The molecule has 1 aromatic carbocycles. The van der Waals surface area contributed by atoms with E-state index in [0.29, 0.717) is 6.04 Å². The molecule has 0 fully saturated rings. The maximum absolute atomic E-state index is 3.61. The summed E-state index contributed by atoms with van der Waals surface area (Å²) < 4.78 is 1.16.